The third-order valence-electron chi connectivity index (χ3n) is 3.42. The molecule has 0 aromatic heterocycles. The normalized spacial score (nSPS) is 17.2. The lowest BCUT2D eigenvalue weighted by atomic mass is 10.0. The van der Waals surface area contributed by atoms with Gasteiger partial charge in [0.25, 0.3) is 0 Å². The van der Waals surface area contributed by atoms with Crippen LogP contribution in [0.3, 0.4) is 0 Å². The maximum atomic E-state index is 13.7. The largest absolute Gasteiger partial charge is 0.375 e. The number of hydrogen-bond acceptors (Lipinski definition) is 2. The SMILES string of the molecule is CNC1(Cc2ccc(N(C)C)c(F)c2)CC1. The van der Waals surface area contributed by atoms with Crippen molar-refractivity contribution in [2.24, 2.45) is 0 Å². The van der Waals surface area contributed by atoms with Crippen LogP contribution >= 0.6 is 0 Å². The van der Waals surface area contributed by atoms with E-state index in [1.54, 1.807) is 11.0 Å². The van der Waals surface area contributed by atoms with Gasteiger partial charge in [-0.15, -0.1) is 0 Å². The van der Waals surface area contributed by atoms with Crippen LogP contribution in [0.2, 0.25) is 0 Å². The first-order chi connectivity index (χ1) is 7.56. The minimum absolute atomic E-state index is 0.130. The summed E-state index contributed by atoms with van der Waals surface area (Å²) in [5.41, 5.74) is 1.97. The van der Waals surface area contributed by atoms with Gasteiger partial charge in [0, 0.05) is 19.6 Å². The molecule has 1 aliphatic carbocycles. The number of benzene rings is 1. The van der Waals surface area contributed by atoms with Crippen molar-refractivity contribution in [1.82, 2.24) is 5.32 Å². The van der Waals surface area contributed by atoms with E-state index in [1.165, 1.54) is 12.8 Å². The maximum Gasteiger partial charge on any atom is 0.146 e. The number of rotatable bonds is 4. The Bertz CT molecular complexity index is 384. The Balaban J connectivity index is 2.15. The van der Waals surface area contributed by atoms with Gasteiger partial charge in [-0.2, -0.15) is 0 Å². The Kier molecular flexibility index (Phi) is 2.89. The average molecular weight is 222 g/mol. The van der Waals surface area contributed by atoms with Crippen LogP contribution in [0.4, 0.5) is 10.1 Å². The minimum atomic E-state index is -0.130. The lowest BCUT2D eigenvalue weighted by molar-refractivity contribution is 0.545. The molecule has 0 unspecified atom stereocenters. The first kappa shape index (κ1) is 11.4. The van der Waals surface area contributed by atoms with Gasteiger partial charge in [0.15, 0.2) is 0 Å². The van der Waals surface area contributed by atoms with Crippen molar-refractivity contribution in [2.45, 2.75) is 24.8 Å². The molecule has 1 N–H and O–H groups in total. The summed E-state index contributed by atoms with van der Waals surface area (Å²) in [5.74, 6) is -0.130. The highest BCUT2D eigenvalue weighted by molar-refractivity contribution is 5.48. The predicted molar refractivity (Wildman–Crippen MR) is 65.5 cm³/mol. The van der Waals surface area contributed by atoms with Gasteiger partial charge in [0.05, 0.1) is 5.69 Å². The molecule has 1 aromatic rings. The Morgan fingerprint density at radius 1 is 1.38 bits per heavy atom. The maximum absolute atomic E-state index is 13.7. The fraction of sp³-hybridized carbons (Fsp3) is 0.538. The number of hydrogen-bond donors (Lipinski definition) is 1. The van der Waals surface area contributed by atoms with Crippen molar-refractivity contribution in [3.8, 4) is 0 Å². The zero-order valence-electron chi connectivity index (χ0n) is 10.2. The Morgan fingerprint density at radius 3 is 2.50 bits per heavy atom. The third-order valence-corrected chi connectivity index (χ3v) is 3.42. The van der Waals surface area contributed by atoms with Gasteiger partial charge >= 0.3 is 0 Å². The zero-order chi connectivity index (χ0) is 11.8. The van der Waals surface area contributed by atoms with Crippen LogP contribution in [0.5, 0.6) is 0 Å². The monoisotopic (exact) mass is 222 g/mol. The summed E-state index contributed by atoms with van der Waals surface area (Å²) < 4.78 is 13.7. The molecular formula is C13H19FN2. The first-order valence-electron chi connectivity index (χ1n) is 5.71. The predicted octanol–water partition coefficient (Wildman–Crippen LogP) is 2.19. The molecule has 0 spiro atoms. The van der Waals surface area contributed by atoms with Crippen LogP contribution in [-0.2, 0) is 6.42 Å². The molecule has 0 saturated heterocycles. The second-order valence-electron chi connectivity index (χ2n) is 4.89. The second kappa shape index (κ2) is 4.06. The van der Waals surface area contributed by atoms with Gasteiger partial charge in [-0.25, -0.2) is 4.39 Å². The van der Waals surface area contributed by atoms with Crippen LogP contribution in [0.15, 0.2) is 18.2 Å². The van der Waals surface area contributed by atoms with E-state index in [4.69, 9.17) is 0 Å². The van der Waals surface area contributed by atoms with Gasteiger partial charge in [-0.05, 0) is 44.0 Å². The van der Waals surface area contributed by atoms with Crippen LogP contribution in [0.25, 0.3) is 0 Å². The van der Waals surface area contributed by atoms with E-state index in [-0.39, 0.29) is 11.4 Å². The fourth-order valence-corrected chi connectivity index (χ4v) is 2.08. The lowest BCUT2D eigenvalue weighted by Crippen LogP contribution is -2.29. The van der Waals surface area contributed by atoms with Crippen LogP contribution in [-0.4, -0.2) is 26.7 Å². The number of anilines is 1. The minimum Gasteiger partial charge on any atom is -0.375 e. The van der Waals surface area contributed by atoms with Crippen molar-refractivity contribution >= 4 is 5.69 Å². The Hall–Kier alpha value is -1.09. The van der Waals surface area contributed by atoms with Crippen molar-refractivity contribution in [2.75, 3.05) is 26.0 Å². The van der Waals surface area contributed by atoms with E-state index < -0.39 is 0 Å². The van der Waals surface area contributed by atoms with E-state index >= 15 is 0 Å². The number of halogens is 1. The van der Waals surface area contributed by atoms with Crippen LogP contribution < -0.4 is 10.2 Å². The molecule has 1 saturated carbocycles. The second-order valence-corrected chi connectivity index (χ2v) is 4.89. The van der Waals surface area contributed by atoms with Gasteiger partial charge in [0.2, 0.25) is 0 Å². The van der Waals surface area contributed by atoms with Crippen molar-refractivity contribution < 1.29 is 4.39 Å². The van der Waals surface area contributed by atoms with E-state index in [2.05, 4.69) is 5.32 Å². The summed E-state index contributed by atoms with van der Waals surface area (Å²) in [6.07, 6.45) is 3.31. The Morgan fingerprint density at radius 2 is 2.06 bits per heavy atom. The highest BCUT2D eigenvalue weighted by Gasteiger charge is 2.40. The smallest absolute Gasteiger partial charge is 0.146 e. The summed E-state index contributed by atoms with van der Waals surface area (Å²) in [6, 6.07) is 5.54. The highest BCUT2D eigenvalue weighted by atomic mass is 19.1. The molecule has 88 valence electrons. The molecule has 0 atom stereocenters. The molecule has 1 aliphatic rings. The molecule has 1 aromatic carbocycles. The fourth-order valence-electron chi connectivity index (χ4n) is 2.08. The standard InChI is InChI=1S/C13H19FN2/c1-15-13(6-7-13)9-10-4-5-12(16(2)3)11(14)8-10/h4-5,8,15H,6-7,9H2,1-3H3. The first-order valence-corrected chi connectivity index (χ1v) is 5.71. The molecule has 0 amide bonds. The molecule has 0 aliphatic heterocycles. The number of nitrogens with zero attached hydrogens (tertiary/aromatic N) is 1. The highest BCUT2D eigenvalue weighted by Crippen LogP contribution is 2.38. The lowest BCUT2D eigenvalue weighted by Gasteiger charge is -2.17. The number of nitrogens with one attached hydrogen (secondary N) is 1. The average Bonchev–Trinajstić information content (AvgIpc) is 2.98. The molecule has 16 heavy (non-hydrogen) atoms. The van der Waals surface area contributed by atoms with E-state index in [0.717, 1.165) is 12.0 Å². The van der Waals surface area contributed by atoms with E-state index in [9.17, 15) is 4.39 Å². The molecular weight excluding hydrogens is 203 g/mol. The van der Waals surface area contributed by atoms with E-state index in [0.29, 0.717) is 5.69 Å². The zero-order valence-corrected chi connectivity index (χ0v) is 10.2. The van der Waals surface area contributed by atoms with Gasteiger partial charge in [-0.3, -0.25) is 0 Å². The van der Waals surface area contributed by atoms with Crippen LogP contribution in [0.1, 0.15) is 18.4 Å². The van der Waals surface area contributed by atoms with Crippen molar-refractivity contribution in [3.05, 3.63) is 29.6 Å². The summed E-state index contributed by atoms with van der Waals surface area (Å²) in [5, 5.41) is 3.32. The van der Waals surface area contributed by atoms with Crippen LogP contribution in [0, 0.1) is 5.82 Å². The molecule has 0 radical (unpaired) electrons. The molecule has 0 bridgehead atoms. The summed E-state index contributed by atoms with van der Waals surface area (Å²) in [6.45, 7) is 0. The molecule has 0 heterocycles. The van der Waals surface area contributed by atoms with Gasteiger partial charge in [-0.1, -0.05) is 6.07 Å². The molecule has 3 heteroatoms. The van der Waals surface area contributed by atoms with Crippen molar-refractivity contribution in [1.29, 1.82) is 0 Å². The van der Waals surface area contributed by atoms with Crippen molar-refractivity contribution in [3.63, 3.8) is 0 Å². The molecule has 1 fully saturated rings. The summed E-state index contributed by atoms with van der Waals surface area (Å²) in [4.78, 5) is 1.80. The van der Waals surface area contributed by atoms with Gasteiger partial charge < -0.3 is 10.2 Å². The topological polar surface area (TPSA) is 15.3 Å². The third kappa shape index (κ3) is 2.19. The molecule has 2 nitrogen and oxygen atoms in total. The summed E-state index contributed by atoms with van der Waals surface area (Å²) in [7, 11) is 5.69. The Labute approximate surface area is 96.5 Å². The number of likely N-dealkylation sites (N-methyl/N-ethyl adjacent to an activating group) is 1. The quantitative estimate of drug-likeness (QED) is 0.840. The van der Waals surface area contributed by atoms with Gasteiger partial charge in [0.1, 0.15) is 5.82 Å². The van der Waals surface area contributed by atoms with E-state index in [1.807, 2.05) is 33.3 Å². The molecule has 2 rings (SSSR count). The summed E-state index contributed by atoms with van der Waals surface area (Å²) >= 11 is 0.